The van der Waals surface area contributed by atoms with Gasteiger partial charge in [0.2, 0.25) is 5.91 Å². The molecule has 1 heterocycles. The zero-order valence-corrected chi connectivity index (χ0v) is 16.9. The molecule has 3 rings (SSSR count). The third kappa shape index (κ3) is 3.98. The normalized spacial score (nSPS) is 19.9. The summed E-state index contributed by atoms with van der Waals surface area (Å²) in [6, 6.07) is 6.76. The molecule has 5 amide bonds. The SMILES string of the molecule is CNC(=O)CN(C)C(=O)COC(=O)CN1C(=O)N[C@@]2(CCCc3ccccc32)C1=O. The number of fused-ring (bicyclic) bond motifs is 2. The molecule has 0 bridgehead atoms. The first-order chi connectivity index (χ1) is 14.3. The van der Waals surface area contributed by atoms with Crippen LogP contribution < -0.4 is 10.6 Å². The van der Waals surface area contributed by atoms with E-state index in [1.165, 1.54) is 14.1 Å². The Bertz CT molecular complexity index is 901. The average Bonchev–Trinajstić information content (AvgIpc) is 2.96. The minimum atomic E-state index is -1.17. The van der Waals surface area contributed by atoms with E-state index < -0.39 is 42.5 Å². The minimum Gasteiger partial charge on any atom is -0.454 e. The molecule has 0 aromatic heterocycles. The van der Waals surface area contributed by atoms with Crippen LogP contribution in [-0.4, -0.2) is 73.3 Å². The highest BCUT2D eigenvalue weighted by Gasteiger charge is 2.54. The van der Waals surface area contributed by atoms with E-state index in [0.717, 1.165) is 33.8 Å². The number of esters is 1. The van der Waals surface area contributed by atoms with E-state index >= 15 is 0 Å². The van der Waals surface area contributed by atoms with Gasteiger partial charge in [-0.2, -0.15) is 0 Å². The number of carbonyl (C=O) groups is 5. The lowest BCUT2D eigenvalue weighted by molar-refractivity contribution is -0.153. The minimum absolute atomic E-state index is 0.179. The Morgan fingerprint density at radius 3 is 2.73 bits per heavy atom. The van der Waals surface area contributed by atoms with Crippen LogP contribution in [-0.2, 0) is 35.9 Å². The molecule has 0 saturated carbocycles. The van der Waals surface area contributed by atoms with E-state index in [-0.39, 0.29) is 12.5 Å². The summed E-state index contributed by atoms with van der Waals surface area (Å²) in [4.78, 5) is 62.9. The molecule has 30 heavy (non-hydrogen) atoms. The van der Waals surface area contributed by atoms with Gasteiger partial charge in [-0.25, -0.2) is 4.79 Å². The van der Waals surface area contributed by atoms with Gasteiger partial charge in [0, 0.05) is 14.1 Å². The zero-order valence-electron chi connectivity index (χ0n) is 16.9. The van der Waals surface area contributed by atoms with Crippen molar-refractivity contribution >= 4 is 29.7 Å². The van der Waals surface area contributed by atoms with Crippen LogP contribution in [0.25, 0.3) is 0 Å². The van der Waals surface area contributed by atoms with Crippen molar-refractivity contribution in [1.82, 2.24) is 20.4 Å². The molecular weight excluding hydrogens is 392 g/mol. The highest BCUT2D eigenvalue weighted by atomic mass is 16.5. The Morgan fingerprint density at radius 2 is 2.00 bits per heavy atom. The monoisotopic (exact) mass is 416 g/mol. The number of hydrogen-bond acceptors (Lipinski definition) is 6. The summed E-state index contributed by atoms with van der Waals surface area (Å²) in [5, 5.41) is 5.13. The number of aryl methyl sites for hydroxylation is 1. The molecule has 10 nitrogen and oxygen atoms in total. The molecule has 1 fully saturated rings. The predicted molar refractivity (Wildman–Crippen MR) is 104 cm³/mol. The Morgan fingerprint density at radius 1 is 1.27 bits per heavy atom. The Hall–Kier alpha value is -3.43. The van der Waals surface area contributed by atoms with E-state index in [1.807, 2.05) is 24.3 Å². The van der Waals surface area contributed by atoms with Crippen LogP contribution in [0.15, 0.2) is 24.3 Å². The second-order valence-electron chi connectivity index (χ2n) is 7.32. The Labute approximate surface area is 173 Å². The van der Waals surface area contributed by atoms with Gasteiger partial charge in [-0.3, -0.25) is 24.1 Å². The van der Waals surface area contributed by atoms with E-state index in [9.17, 15) is 24.0 Å². The number of benzene rings is 1. The number of ether oxygens (including phenoxy) is 1. The van der Waals surface area contributed by atoms with Gasteiger partial charge in [0.1, 0.15) is 12.1 Å². The molecule has 1 spiro atoms. The van der Waals surface area contributed by atoms with E-state index in [1.54, 1.807) is 0 Å². The lowest BCUT2D eigenvalue weighted by Crippen LogP contribution is -2.47. The highest BCUT2D eigenvalue weighted by Crippen LogP contribution is 2.39. The standard InChI is InChI=1S/C20H24N4O6/c1-21-15(25)10-23(2)16(26)12-30-17(27)11-24-18(28)20(22-19(24)29)9-5-7-13-6-3-4-8-14(13)20/h3-4,6,8H,5,7,9-12H2,1-2H3,(H,21,25)(H,22,29)/t20-/m1/s1. The van der Waals surface area contributed by atoms with Crippen LogP contribution in [0.1, 0.15) is 24.0 Å². The van der Waals surface area contributed by atoms with E-state index in [4.69, 9.17) is 4.74 Å². The Balaban J connectivity index is 1.62. The number of imide groups is 1. The van der Waals surface area contributed by atoms with Crippen molar-refractivity contribution in [3.63, 3.8) is 0 Å². The van der Waals surface area contributed by atoms with E-state index in [2.05, 4.69) is 10.6 Å². The number of amides is 5. The molecule has 1 aliphatic heterocycles. The molecule has 1 saturated heterocycles. The molecule has 1 aromatic carbocycles. The third-order valence-corrected chi connectivity index (χ3v) is 5.38. The number of nitrogens with zero attached hydrogens (tertiary/aromatic N) is 2. The van der Waals surface area contributed by atoms with Crippen molar-refractivity contribution in [3.05, 3.63) is 35.4 Å². The van der Waals surface area contributed by atoms with Crippen molar-refractivity contribution in [1.29, 1.82) is 0 Å². The maximum absolute atomic E-state index is 13.1. The largest absolute Gasteiger partial charge is 0.454 e. The predicted octanol–water partition coefficient (Wildman–Crippen LogP) is -0.482. The van der Waals surface area contributed by atoms with Gasteiger partial charge in [0.05, 0.1) is 6.54 Å². The summed E-state index contributed by atoms with van der Waals surface area (Å²) in [5.74, 6) is -2.34. The second-order valence-corrected chi connectivity index (χ2v) is 7.32. The molecule has 10 heteroatoms. The van der Waals surface area contributed by atoms with Gasteiger partial charge in [-0.15, -0.1) is 0 Å². The summed E-state index contributed by atoms with van der Waals surface area (Å²) < 4.78 is 4.91. The molecule has 160 valence electrons. The fourth-order valence-electron chi connectivity index (χ4n) is 3.76. The smallest absolute Gasteiger partial charge is 0.326 e. The quantitative estimate of drug-likeness (QED) is 0.477. The first-order valence-electron chi connectivity index (χ1n) is 9.61. The fourth-order valence-corrected chi connectivity index (χ4v) is 3.76. The third-order valence-electron chi connectivity index (χ3n) is 5.38. The summed E-state index contributed by atoms with van der Waals surface area (Å²) in [6.45, 7) is -1.37. The maximum atomic E-state index is 13.1. The number of nitrogens with one attached hydrogen (secondary N) is 2. The van der Waals surface area contributed by atoms with Crippen LogP contribution in [0.2, 0.25) is 0 Å². The maximum Gasteiger partial charge on any atom is 0.326 e. The number of rotatable bonds is 6. The molecular formula is C20H24N4O6. The Kier molecular flexibility index (Phi) is 6.04. The molecule has 1 atom stereocenters. The zero-order chi connectivity index (χ0) is 21.9. The number of hydrogen-bond donors (Lipinski definition) is 2. The van der Waals surface area contributed by atoms with E-state index in [0.29, 0.717) is 6.42 Å². The van der Waals surface area contributed by atoms with Crippen LogP contribution in [0.5, 0.6) is 0 Å². The molecule has 2 N–H and O–H groups in total. The van der Waals surface area contributed by atoms with Gasteiger partial charge < -0.3 is 20.3 Å². The molecule has 2 aliphatic rings. The fraction of sp³-hybridized carbons (Fsp3) is 0.450. The van der Waals surface area contributed by atoms with Crippen molar-refractivity contribution in [3.8, 4) is 0 Å². The summed E-state index contributed by atoms with van der Waals surface area (Å²) in [7, 11) is 2.84. The van der Waals surface area contributed by atoms with Crippen molar-refractivity contribution in [2.24, 2.45) is 0 Å². The van der Waals surface area contributed by atoms with Crippen molar-refractivity contribution in [2.45, 2.75) is 24.8 Å². The lowest BCUT2D eigenvalue weighted by Gasteiger charge is -2.33. The average molecular weight is 416 g/mol. The number of carbonyl (C=O) groups excluding carboxylic acids is 5. The topological polar surface area (TPSA) is 125 Å². The number of urea groups is 1. The second kappa shape index (κ2) is 8.52. The van der Waals surface area contributed by atoms with Gasteiger partial charge in [0.15, 0.2) is 6.61 Å². The lowest BCUT2D eigenvalue weighted by atomic mass is 9.76. The summed E-state index contributed by atoms with van der Waals surface area (Å²) >= 11 is 0. The summed E-state index contributed by atoms with van der Waals surface area (Å²) in [6.07, 6.45) is 1.99. The first-order valence-corrected chi connectivity index (χ1v) is 9.61. The summed E-state index contributed by atoms with van der Waals surface area (Å²) in [5.41, 5.74) is 0.568. The van der Waals surface area contributed by atoms with Crippen LogP contribution in [0.4, 0.5) is 4.79 Å². The first kappa shape index (κ1) is 21.3. The van der Waals surface area contributed by atoms with Crippen LogP contribution in [0.3, 0.4) is 0 Å². The van der Waals surface area contributed by atoms with Gasteiger partial charge in [0.25, 0.3) is 11.8 Å². The number of likely N-dealkylation sites (N-methyl/N-ethyl adjacent to an activating group) is 2. The van der Waals surface area contributed by atoms with Gasteiger partial charge in [-0.1, -0.05) is 24.3 Å². The van der Waals surface area contributed by atoms with Crippen molar-refractivity contribution in [2.75, 3.05) is 33.8 Å². The molecule has 0 unspecified atom stereocenters. The van der Waals surface area contributed by atoms with Crippen molar-refractivity contribution < 1.29 is 28.7 Å². The van der Waals surface area contributed by atoms with Gasteiger partial charge in [-0.05, 0) is 30.4 Å². The molecule has 1 aliphatic carbocycles. The molecule has 1 aromatic rings. The van der Waals surface area contributed by atoms with Gasteiger partial charge >= 0.3 is 12.0 Å². The van der Waals surface area contributed by atoms with Crippen LogP contribution >= 0.6 is 0 Å². The highest BCUT2D eigenvalue weighted by molar-refractivity contribution is 6.09. The molecule has 0 radical (unpaired) electrons. The van der Waals surface area contributed by atoms with Crippen LogP contribution in [0, 0.1) is 0 Å².